The third-order valence-electron chi connectivity index (χ3n) is 2.10. The number of hydrogen-bond donors (Lipinski definition) is 3. The first-order valence-electron chi connectivity index (χ1n) is 4.98. The zero-order valence-electron chi connectivity index (χ0n) is 9.21. The summed E-state index contributed by atoms with van der Waals surface area (Å²) in [5, 5.41) is 20.5. The molecule has 1 rings (SSSR count). The molecule has 3 N–H and O–H groups in total. The topological polar surface area (TPSA) is 95.9 Å². The molecule has 1 aromatic rings. The Morgan fingerprint density at radius 2 is 2.29 bits per heavy atom. The number of rotatable bonds is 6. The average Bonchev–Trinajstić information content (AvgIpc) is 2.29. The summed E-state index contributed by atoms with van der Waals surface area (Å²) >= 11 is 0. The van der Waals surface area contributed by atoms with Gasteiger partial charge in [-0.25, -0.2) is 4.79 Å². The standard InChI is InChI=1S/C11H13NO5/c1-2-17-9-5-7(3-4-8(9)14)10(11(15)16)12-6-13/h3-6,10,14H,2H2,1H3,(H,12,13)(H,15,16). The Labute approximate surface area is 97.8 Å². The minimum atomic E-state index is -1.19. The maximum absolute atomic E-state index is 10.9. The van der Waals surface area contributed by atoms with E-state index in [4.69, 9.17) is 9.84 Å². The molecule has 6 nitrogen and oxygen atoms in total. The van der Waals surface area contributed by atoms with Crippen LogP contribution in [0.2, 0.25) is 0 Å². The maximum Gasteiger partial charge on any atom is 0.330 e. The lowest BCUT2D eigenvalue weighted by Crippen LogP contribution is -2.27. The number of nitrogens with one attached hydrogen (secondary N) is 1. The molecule has 0 saturated carbocycles. The maximum atomic E-state index is 10.9. The summed E-state index contributed by atoms with van der Waals surface area (Å²) in [5.41, 5.74) is 0.325. The van der Waals surface area contributed by atoms with Gasteiger partial charge in [0.25, 0.3) is 0 Å². The second-order valence-corrected chi connectivity index (χ2v) is 3.22. The molecule has 0 saturated heterocycles. The summed E-state index contributed by atoms with van der Waals surface area (Å²) in [5.74, 6) is -1.08. The molecule has 0 bridgehead atoms. The van der Waals surface area contributed by atoms with Gasteiger partial charge in [-0.2, -0.15) is 0 Å². The lowest BCUT2D eigenvalue weighted by atomic mass is 10.1. The Morgan fingerprint density at radius 3 is 2.82 bits per heavy atom. The summed E-state index contributed by atoms with van der Waals surface area (Å²) in [6.45, 7) is 2.08. The van der Waals surface area contributed by atoms with E-state index in [1.807, 2.05) is 0 Å². The SMILES string of the molecule is CCOc1cc(C(NC=O)C(=O)O)ccc1O. The summed E-state index contributed by atoms with van der Waals surface area (Å²) in [6.07, 6.45) is 0.312. The fourth-order valence-electron chi connectivity index (χ4n) is 1.36. The number of aliphatic carboxylic acids is 1. The zero-order valence-corrected chi connectivity index (χ0v) is 9.21. The molecule has 0 aliphatic heterocycles. The molecule has 1 amide bonds. The molecule has 17 heavy (non-hydrogen) atoms. The largest absolute Gasteiger partial charge is 0.504 e. The number of aromatic hydroxyl groups is 1. The van der Waals surface area contributed by atoms with Crippen LogP contribution in [0.25, 0.3) is 0 Å². The predicted molar refractivity (Wildman–Crippen MR) is 58.9 cm³/mol. The van der Waals surface area contributed by atoms with Crippen molar-refractivity contribution in [3.05, 3.63) is 23.8 Å². The van der Waals surface area contributed by atoms with Crippen molar-refractivity contribution >= 4 is 12.4 Å². The number of phenols is 1. The molecule has 1 unspecified atom stereocenters. The summed E-state index contributed by atoms with van der Waals surface area (Å²) in [7, 11) is 0. The smallest absolute Gasteiger partial charge is 0.330 e. The molecule has 0 radical (unpaired) electrons. The Morgan fingerprint density at radius 1 is 1.59 bits per heavy atom. The van der Waals surface area contributed by atoms with Crippen molar-refractivity contribution in [1.29, 1.82) is 0 Å². The number of amides is 1. The first kappa shape index (κ1) is 12.8. The number of ether oxygens (including phenoxy) is 1. The zero-order chi connectivity index (χ0) is 12.8. The number of hydrogen-bond acceptors (Lipinski definition) is 4. The van der Waals surface area contributed by atoms with Crippen molar-refractivity contribution in [1.82, 2.24) is 5.32 Å². The van der Waals surface area contributed by atoms with Crippen LogP contribution in [-0.4, -0.2) is 29.2 Å². The van der Waals surface area contributed by atoms with Crippen LogP contribution in [0.3, 0.4) is 0 Å². The number of carbonyl (C=O) groups excluding carboxylic acids is 1. The quantitative estimate of drug-likeness (QED) is 0.634. The van der Waals surface area contributed by atoms with Gasteiger partial charge in [0.05, 0.1) is 6.61 Å². The van der Waals surface area contributed by atoms with E-state index in [-0.39, 0.29) is 11.5 Å². The number of phenolic OH excluding ortho intramolecular Hbond substituents is 1. The molecule has 0 aliphatic rings. The molecular weight excluding hydrogens is 226 g/mol. The minimum Gasteiger partial charge on any atom is -0.504 e. The van der Waals surface area contributed by atoms with Crippen LogP contribution in [0, 0.1) is 0 Å². The molecule has 6 heteroatoms. The van der Waals surface area contributed by atoms with E-state index >= 15 is 0 Å². The van der Waals surface area contributed by atoms with Gasteiger partial charge in [0.2, 0.25) is 6.41 Å². The van der Waals surface area contributed by atoms with Crippen LogP contribution in [0.15, 0.2) is 18.2 Å². The van der Waals surface area contributed by atoms with Crippen molar-refractivity contribution in [3.8, 4) is 11.5 Å². The molecule has 0 fully saturated rings. The number of carboxylic acids is 1. The summed E-state index contributed by atoms with van der Waals surface area (Å²) in [6, 6.07) is 2.96. The lowest BCUT2D eigenvalue weighted by Gasteiger charge is -2.13. The molecule has 0 aromatic heterocycles. The molecule has 92 valence electrons. The normalized spacial score (nSPS) is 11.6. The number of carboxylic acid groups (broad SMARTS) is 1. The van der Waals surface area contributed by atoms with Gasteiger partial charge in [-0.1, -0.05) is 6.07 Å². The van der Waals surface area contributed by atoms with E-state index in [1.54, 1.807) is 6.92 Å². The first-order valence-corrected chi connectivity index (χ1v) is 4.98. The van der Waals surface area contributed by atoms with Crippen molar-refractivity contribution in [2.75, 3.05) is 6.61 Å². The van der Waals surface area contributed by atoms with Gasteiger partial charge >= 0.3 is 5.97 Å². The van der Waals surface area contributed by atoms with E-state index in [1.165, 1.54) is 18.2 Å². The Bertz CT molecular complexity index is 418. The van der Waals surface area contributed by atoms with Gasteiger partial charge in [-0.3, -0.25) is 4.79 Å². The third-order valence-corrected chi connectivity index (χ3v) is 2.10. The summed E-state index contributed by atoms with van der Waals surface area (Å²) < 4.78 is 5.13. The van der Waals surface area contributed by atoms with Crippen LogP contribution in [0.1, 0.15) is 18.5 Å². The fourth-order valence-corrected chi connectivity index (χ4v) is 1.36. The van der Waals surface area contributed by atoms with Crippen LogP contribution in [0.4, 0.5) is 0 Å². The molecule has 1 aromatic carbocycles. The monoisotopic (exact) mass is 239 g/mol. The number of carbonyl (C=O) groups is 2. The second-order valence-electron chi connectivity index (χ2n) is 3.22. The first-order chi connectivity index (χ1) is 8.10. The van der Waals surface area contributed by atoms with E-state index < -0.39 is 12.0 Å². The van der Waals surface area contributed by atoms with E-state index in [0.717, 1.165) is 0 Å². The number of benzene rings is 1. The summed E-state index contributed by atoms with van der Waals surface area (Å²) in [4.78, 5) is 21.2. The average molecular weight is 239 g/mol. The Hall–Kier alpha value is -2.24. The van der Waals surface area contributed by atoms with Gasteiger partial charge in [-0.15, -0.1) is 0 Å². The van der Waals surface area contributed by atoms with Crippen molar-refractivity contribution in [3.63, 3.8) is 0 Å². The lowest BCUT2D eigenvalue weighted by molar-refractivity contribution is -0.140. The highest BCUT2D eigenvalue weighted by Crippen LogP contribution is 2.29. The van der Waals surface area contributed by atoms with Crippen LogP contribution < -0.4 is 10.1 Å². The minimum absolute atomic E-state index is 0.0779. The van der Waals surface area contributed by atoms with Gasteiger partial charge in [0.1, 0.15) is 0 Å². The van der Waals surface area contributed by atoms with E-state index in [0.29, 0.717) is 18.6 Å². The molecule has 0 spiro atoms. The van der Waals surface area contributed by atoms with E-state index in [9.17, 15) is 14.7 Å². The Kier molecular flexibility index (Phi) is 4.33. The molecular formula is C11H13NO5. The highest BCUT2D eigenvalue weighted by atomic mass is 16.5. The van der Waals surface area contributed by atoms with Crippen molar-refractivity contribution in [2.45, 2.75) is 13.0 Å². The van der Waals surface area contributed by atoms with Crippen molar-refractivity contribution in [2.24, 2.45) is 0 Å². The molecule has 0 aliphatic carbocycles. The van der Waals surface area contributed by atoms with Crippen molar-refractivity contribution < 1.29 is 24.5 Å². The second kappa shape index (κ2) is 5.74. The van der Waals surface area contributed by atoms with Gasteiger partial charge in [0, 0.05) is 0 Å². The van der Waals surface area contributed by atoms with Crippen LogP contribution in [-0.2, 0) is 9.59 Å². The van der Waals surface area contributed by atoms with Gasteiger partial charge in [0.15, 0.2) is 17.5 Å². The molecule has 1 atom stereocenters. The third kappa shape index (κ3) is 3.10. The van der Waals surface area contributed by atoms with Gasteiger partial charge < -0.3 is 20.3 Å². The van der Waals surface area contributed by atoms with Gasteiger partial charge in [-0.05, 0) is 24.6 Å². The fraction of sp³-hybridized carbons (Fsp3) is 0.273. The van der Waals surface area contributed by atoms with Crippen LogP contribution in [0.5, 0.6) is 11.5 Å². The predicted octanol–water partition coefficient (Wildman–Crippen LogP) is 0.663. The highest BCUT2D eigenvalue weighted by molar-refractivity contribution is 5.78. The molecule has 0 heterocycles. The highest BCUT2D eigenvalue weighted by Gasteiger charge is 2.20. The van der Waals surface area contributed by atoms with Crippen LogP contribution >= 0.6 is 0 Å². The Balaban J connectivity index is 3.07. The van der Waals surface area contributed by atoms with E-state index in [2.05, 4.69) is 5.32 Å².